The predicted molar refractivity (Wildman–Crippen MR) is 321 cm³/mol. The van der Waals surface area contributed by atoms with Crippen LogP contribution in [0.2, 0.25) is 0 Å². The van der Waals surface area contributed by atoms with Gasteiger partial charge >= 0.3 is 17.9 Å². The Bertz CT molecular complexity index is 1420. The molecule has 0 aliphatic carbocycles. The normalized spacial score (nSPS) is 12.6. The summed E-state index contributed by atoms with van der Waals surface area (Å²) in [5, 5.41) is 0. The van der Waals surface area contributed by atoms with Crippen molar-refractivity contribution in [2.45, 2.75) is 316 Å². The van der Waals surface area contributed by atoms with E-state index >= 15 is 0 Å². The molecule has 0 heterocycles. The lowest BCUT2D eigenvalue weighted by molar-refractivity contribution is -0.167. The van der Waals surface area contributed by atoms with Crippen LogP contribution in [0.1, 0.15) is 310 Å². The van der Waals surface area contributed by atoms with E-state index in [0.29, 0.717) is 19.3 Å². The fraction of sp³-hybridized carbons (Fsp3) is 0.750. The molecule has 0 spiro atoms. The standard InChI is InChI=1S/C68H118O6/c1-4-7-10-13-16-19-22-25-28-30-32-34-36-38-40-43-46-49-52-55-58-61-67(70)73-64-65(63-72-66(69)60-57-54-51-48-45-42-27-24-21-18-15-12-9-6-3)74-68(71)62-59-56-53-50-47-44-41-39-37-35-33-31-29-26-23-20-17-14-11-8-5-2/h7,10,16,19,25,28,31-34,38,40,46,49,65H,4-6,8-9,11-15,17-18,20-24,26-27,29-30,35-37,39,41-45,47-48,50-64H2,1-3H3/b10-7-,19-16-,28-25-,33-31-,34-32-,40-38-,49-46-. The Labute approximate surface area is 458 Å². The number of ether oxygens (including phenoxy) is 3. The van der Waals surface area contributed by atoms with Gasteiger partial charge in [0.25, 0.3) is 0 Å². The fourth-order valence-corrected chi connectivity index (χ4v) is 8.91. The minimum atomic E-state index is -0.795. The lowest BCUT2D eigenvalue weighted by Crippen LogP contribution is -2.30. The van der Waals surface area contributed by atoms with Gasteiger partial charge in [-0.2, -0.15) is 0 Å². The zero-order valence-electron chi connectivity index (χ0n) is 48.8. The zero-order valence-corrected chi connectivity index (χ0v) is 48.8. The molecule has 0 aromatic carbocycles. The molecular formula is C68H118O6. The van der Waals surface area contributed by atoms with Crippen LogP contribution >= 0.6 is 0 Å². The summed E-state index contributed by atoms with van der Waals surface area (Å²) >= 11 is 0. The summed E-state index contributed by atoms with van der Waals surface area (Å²) in [4.78, 5) is 38.3. The molecule has 0 aliphatic heterocycles. The van der Waals surface area contributed by atoms with E-state index in [1.807, 2.05) is 0 Å². The van der Waals surface area contributed by atoms with E-state index in [0.717, 1.165) is 96.3 Å². The molecule has 1 unspecified atom stereocenters. The van der Waals surface area contributed by atoms with Gasteiger partial charge in [-0.25, -0.2) is 0 Å². The smallest absolute Gasteiger partial charge is 0.306 e. The molecule has 0 N–H and O–H groups in total. The van der Waals surface area contributed by atoms with Crippen molar-refractivity contribution in [1.29, 1.82) is 0 Å². The second-order valence-corrected chi connectivity index (χ2v) is 20.9. The van der Waals surface area contributed by atoms with Gasteiger partial charge in [0.2, 0.25) is 0 Å². The number of carbonyl (C=O) groups excluding carboxylic acids is 3. The van der Waals surface area contributed by atoms with Gasteiger partial charge in [0.1, 0.15) is 13.2 Å². The van der Waals surface area contributed by atoms with Gasteiger partial charge in [0, 0.05) is 19.3 Å². The lowest BCUT2D eigenvalue weighted by Gasteiger charge is -2.18. The highest BCUT2D eigenvalue weighted by Crippen LogP contribution is 2.16. The van der Waals surface area contributed by atoms with Crippen molar-refractivity contribution < 1.29 is 28.6 Å². The maximum absolute atomic E-state index is 12.9. The summed E-state index contributed by atoms with van der Waals surface area (Å²) in [6, 6.07) is 0. The number of hydrogen-bond donors (Lipinski definition) is 0. The zero-order chi connectivity index (χ0) is 53.6. The molecule has 1 atom stereocenters. The van der Waals surface area contributed by atoms with Gasteiger partial charge in [-0.3, -0.25) is 14.4 Å². The van der Waals surface area contributed by atoms with Crippen molar-refractivity contribution in [3.8, 4) is 0 Å². The molecule has 0 rings (SSSR count). The monoisotopic (exact) mass is 1030 g/mol. The van der Waals surface area contributed by atoms with Gasteiger partial charge in [-0.15, -0.1) is 0 Å². The molecule has 0 aromatic rings. The number of allylic oxidation sites excluding steroid dienone is 14. The third kappa shape index (κ3) is 59.5. The quantitative estimate of drug-likeness (QED) is 0.0261. The molecule has 6 nitrogen and oxygen atoms in total. The Balaban J connectivity index is 4.42. The second kappa shape index (κ2) is 62.1. The molecule has 6 heteroatoms. The van der Waals surface area contributed by atoms with Crippen LogP contribution in [0, 0.1) is 0 Å². The van der Waals surface area contributed by atoms with Gasteiger partial charge in [0.15, 0.2) is 6.10 Å². The summed E-state index contributed by atoms with van der Waals surface area (Å²) in [5.41, 5.74) is 0. The molecule has 0 bridgehead atoms. The summed E-state index contributed by atoms with van der Waals surface area (Å²) < 4.78 is 16.9. The summed E-state index contributed by atoms with van der Waals surface area (Å²) in [6.07, 6.45) is 81.6. The molecule has 0 radical (unpaired) electrons. The van der Waals surface area contributed by atoms with E-state index in [2.05, 4.69) is 106 Å². The Morgan fingerprint density at radius 1 is 0.284 bits per heavy atom. The van der Waals surface area contributed by atoms with E-state index in [4.69, 9.17) is 14.2 Å². The molecule has 0 fully saturated rings. The van der Waals surface area contributed by atoms with Gasteiger partial charge in [-0.05, 0) is 96.3 Å². The molecule has 0 saturated carbocycles. The Morgan fingerprint density at radius 2 is 0.527 bits per heavy atom. The average molecular weight is 1030 g/mol. The minimum absolute atomic E-state index is 0.0886. The predicted octanol–water partition coefficient (Wildman–Crippen LogP) is 21.5. The van der Waals surface area contributed by atoms with Crippen LogP contribution in [0.3, 0.4) is 0 Å². The third-order valence-electron chi connectivity index (χ3n) is 13.6. The largest absolute Gasteiger partial charge is 0.462 e. The summed E-state index contributed by atoms with van der Waals surface area (Å²) in [6.45, 7) is 6.52. The molecular weight excluding hydrogens is 913 g/mol. The van der Waals surface area contributed by atoms with Crippen LogP contribution < -0.4 is 0 Å². The minimum Gasteiger partial charge on any atom is -0.462 e. The van der Waals surface area contributed by atoms with Crippen LogP contribution in [-0.2, 0) is 28.6 Å². The van der Waals surface area contributed by atoms with Crippen LogP contribution in [0.25, 0.3) is 0 Å². The van der Waals surface area contributed by atoms with Crippen LogP contribution in [-0.4, -0.2) is 37.2 Å². The molecule has 0 saturated heterocycles. The fourth-order valence-electron chi connectivity index (χ4n) is 8.91. The SMILES string of the molecule is CC/C=C\C/C=C\C/C=C\C/C=C\C/C=C\C/C=C\CCCCC(=O)OCC(COC(=O)CCCCCCCCCCCCCCCC)OC(=O)CCCCCCCCCCC/C=C\CCCCCCCCCC. The van der Waals surface area contributed by atoms with Crippen molar-refractivity contribution in [3.05, 3.63) is 85.1 Å². The van der Waals surface area contributed by atoms with Crippen molar-refractivity contribution in [3.63, 3.8) is 0 Å². The van der Waals surface area contributed by atoms with Gasteiger partial charge in [-0.1, -0.05) is 279 Å². The number of unbranched alkanes of at least 4 members (excludes halogenated alkanes) is 32. The Hall–Kier alpha value is -3.41. The molecule has 0 aromatic heterocycles. The van der Waals surface area contributed by atoms with Crippen LogP contribution in [0.4, 0.5) is 0 Å². The van der Waals surface area contributed by atoms with Crippen molar-refractivity contribution in [1.82, 2.24) is 0 Å². The first-order valence-electron chi connectivity index (χ1n) is 31.6. The molecule has 0 aliphatic rings. The number of carbonyl (C=O) groups is 3. The molecule has 0 amide bonds. The Kier molecular flexibility index (Phi) is 59.3. The van der Waals surface area contributed by atoms with E-state index in [9.17, 15) is 14.4 Å². The first-order valence-corrected chi connectivity index (χ1v) is 31.6. The molecule has 74 heavy (non-hydrogen) atoms. The molecule has 426 valence electrons. The van der Waals surface area contributed by atoms with E-state index < -0.39 is 6.10 Å². The van der Waals surface area contributed by atoms with E-state index in [-0.39, 0.29) is 31.1 Å². The van der Waals surface area contributed by atoms with Crippen molar-refractivity contribution in [2.75, 3.05) is 13.2 Å². The highest BCUT2D eigenvalue weighted by atomic mass is 16.6. The lowest BCUT2D eigenvalue weighted by atomic mass is 10.0. The average Bonchev–Trinajstić information content (AvgIpc) is 3.40. The Morgan fingerprint density at radius 3 is 0.865 bits per heavy atom. The topological polar surface area (TPSA) is 78.9 Å². The summed E-state index contributed by atoms with van der Waals surface area (Å²) in [7, 11) is 0. The first kappa shape index (κ1) is 70.6. The van der Waals surface area contributed by atoms with E-state index in [1.165, 1.54) is 173 Å². The van der Waals surface area contributed by atoms with Gasteiger partial charge in [0.05, 0.1) is 0 Å². The number of rotatable bonds is 57. The number of esters is 3. The van der Waals surface area contributed by atoms with E-state index in [1.54, 1.807) is 0 Å². The van der Waals surface area contributed by atoms with Crippen molar-refractivity contribution in [2.24, 2.45) is 0 Å². The number of hydrogen-bond acceptors (Lipinski definition) is 6. The highest BCUT2D eigenvalue weighted by molar-refractivity contribution is 5.71. The summed E-state index contributed by atoms with van der Waals surface area (Å²) in [5.74, 6) is -0.923. The van der Waals surface area contributed by atoms with Crippen molar-refractivity contribution >= 4 is 17.9 Å². The maximum atomic E-state index is 12.9. The first-order chi connectivity index (χ1) is 36.5. The highest BCUT2D eigenvalue weighted by Gasteiger charge is 2.19. The third-order valence-corrected chi connectivity index (χ3v) is 13.6. The maximum Gasteiger partial charge on any atom is 0.306 e. The van der Waals surface area contributed by atoms with Crippen LogP contribution in [0.5, 0.6) is 0 Å². The second-order valence-electron chi connectivity index (χ2n) is 20.9. The van der Waals surface area contributed by atoms with Crippen LogP contribution in [0.15, 0.2) is 85.1 Å². The van der Waals surface area contributed by atoms with Gasteiger partial charge < -0.3 is 14.2 Å².